The van der Waals surface area contributed by atoms with Gasteiger partial charge in [0.1, 0.15) is 5.82 Å². The van der Waals surface area contributed by atoms with Crippen LogP contribution in [-0.2, 0) is 13.0 Å². The second kappa shape index (κ2) is 4.71. The van der Waals surface area contributed by atoms with Gasteiger partial charge in [-0.3, -0.25) is 0 Å². The van der Waals surface area contributed by atoms with Crippen molar-refractivity contribution < 1.29 is 4.39 Å². The third kappa shape index (κ3) is 2.02. The van der Waals surface area contributed by atoms with Crippen LogP contribution in [0.25, 0.3) is 0 Å². The van der Waals surface area contributed by atoms with Crippen LogP contribution >= 0.6 is 11.6 Å². The Hall–Kier alpha value is -1.38. The second-order valence-electron chi connectivity index (χ2n) is 4.54. The maximum atomic E-state index is 13.8. The molecule has 0 radical (unpaired) electrons. The third-order valence-electron chi connectivity index (χ3n) is 3.44. The zero-order chi connectivity index (χ0) is 12.5. The SMILES string of the molecule is Fc1cccc(Cl)c1CC1NCc2ccccc21. The fourth-order valence-electron chi connectivity index (χ4n) is 2.49. The van der Waals surface area contributed by atoms with Gasteiger partial charge in [0.2, 0.25) is 0 Å². The highest BCUT2D eigenvalue weighted by Crippen LogP contribution is 2.31. The monoisotopic (exact) mass is 261 g/mol. The van der Waals surface area contributed by atoms with Crippen LogP contribution in [0.2, 0.25) is 5.02 Å². The molecular formula is C15H13ClFN. The fraction of sp³-hybridized carbons (Fsp3) is 0.200. The maximum absolute atomic E-state index is 13.8. The first-order valence-electron chi connectivity index (χ1n) is 6.00. The number of nitrogens with one attached hydrogen (secondary N) is 1. The van der Waals surface area contributed by atoms with Crippen LogP contribution in [0.3, 0.4) is 0 Å². The summed E-state index contributed by atoms with van der Waals surface area (Å²) in [6, 6.07) is 13.2. The normalized spacial score (nSPS) is 17.8. The molecule has 1 nitrogen and oxygen atoms in total. The van der Waals surface area contributed by atoms with E-state index in [0.717, 1.165) is 6.54 Å². The van der Waals surface area contributed by atoms with Gasteiger partial charge in [0.25, 0.3) is 0 Å². The van der Waals surface area contributed by atoms with Gasteiger partial charge in [0.15, 0.2) is 0 Å². The summed E-state index contributed by atoms with van der Waals surface area (Å²) in [7, 11) is 0. The van der Waals surface area contributed by atoms with E-state index in [1.165, 1.54) is 17.2 Å². The molecule has 1 atom stereocenters. The van der Waals surface area contributed by atoms with Gasteiger partial charge in [0.05, 0.1) is 0 Å². The molecule has 2 aromatic rings. The first-order chi connectivity index (χ1) is 8.75. The van der Waals surface area contributed by atoms with Gasteiger partial charge in [-0.25, -0.2) is 4.39 Å². The third-order valence-corrected chi connectivity index (χ3v) is 3.79. The van der Waals surface area contributed by atoms with Crippen molar-refractivity contribution in [2.45, 2.75) is 19.0 Å². The van der Waals surface area contributed by atoms with Crippen molar-refractivity contribution in [3.8, 4) is 0 Å². The number of hydrogen-bond donors (Lipinski definition) is 1. The molecule has 1 N–H and O–H groups in total. The Labute approximate surface area is 111 Å². The summed E-state index contributed by atoms with van der Waals surface area (Å²) in [6.45, 7) is 0.840. The van der Waals surface area contributed by atoms with Crippen molar-refractivity contribution >= 4 is 11.6 Å². The first-order valence-corrected chi connectivity index (χ1v) is 6.37. The molecule has 92 valence electrons. The van der Waals surface area contributed by atoms with Gasteiger partial charge in [-0.2, -0.15) is 0 Å². The van der Waals surface area contributed by atoms with Crippen LogP contribution in [0.5, 0.6) is 0 Å². The molecule has 0 spiro atoms. The molecule has 18 heavy (non-hydrogen) atoms. The number of fused-ring (bicyclic) bond motifs is 1. The minimum atomic E-state index is -0.228. The average molecular weight is 262 g/mol. The van der Waals surface area contributed by atoms with Crippen LogP contribution in [0.1, 0.15) is 22.7 Å². The summed E-state index contributed by atoms with van der Waals surface area (Å²) in [5.74, 6) is -0.228. The second-order valence-corrected chi connectivity index (χ2v) is 4.94. The standard InChI is InChI=1S/C15H13ClFN/c16-13-6-3-7-14(17)12(13)8-15-11-5-2-1-4-10(11)9-18-15/h1-7,15,18H,8-9H2. The molecule has 0 saturated carbocycles. The summed E-state index contributed by atoms with van der Waals surface area (Å²) in [5.41, 5.74) is 3.13. The van der Waals surface area contributed by atoms with Crippen LogP contribution in [-0.4, -0.2) is 0 Å². The van der Waals surface area contributed by atoms with Crippen molar-refractivity contribution in [1.82, 2.24) is 5.32 Å². The summed E-state index contributed by atoms with van der Waals surface area (Å²) in [4.78, 5) is 0. The van der Waals surface area contributed by atoms with Gasteiger partial charge in [-0.15, -0.1) is 0 Å². The van der Waals surface area contributed by atoms with E-state index < -0.39 is 0 Å². The smallest absolute Gasteiger partial charge is 0.127 e. The van der Waals surface area contributed by atoms with E-state index in [2.05, 4.69) is 17.4 Å². The maximum Gasteiger partial charge on any atom is 0.127 e. The highest BCUT2D eigenvalue weighted by molar-refractivity contribution is 6.31. The highest BCUT2D eigenvalue weighted by Gasteiger charge is 2.23. The molecule has 1 heterocycles. The Balaban J connectivity index is 1.91. The molecule has 0 bridgehead atoms. The lowest BCUT2D eigenvalue weighted by Crippen LogP contribution is -2.15. The summed E-state index contributed by atoms with van der Waals surface area (Å²) in [6.07, 6.45) is 0.586. The molecule has 3 rings (SSSR count). The molecule has 0 fully saturated rings. The summed E-state index contributed by atoms with van der Waals surface area (Å²) < 4.78 is 13.8. The minimum Gasteiger partial charge on any atom is -0.306 e. The van der Waals surface area contributed by atoms with Gasteiger partial charge in [-0.05, 0) is 29.7 Å². The quantitative estimate of drug-likeness (QED) is 0.865. The van der Waals surface area contributed by atoms with Crippen LogP contribution < -0.4 is 5.32 Å². The Morgan fingerprint density at radius 2 is 2.00 bits per heavy atom. The zero-order valence-electron chi connectivity index (χ0n) is 9.79. The Bertz CT molecular complexity index is 562. The van der Waals surface area contributed by atoms with Crippen molar-refractivity contribution in [3.63, 3.8) is 0 Å². The number of rotatable bonds is 2. The van der Waals surface area contributed by atoms with E-state index >= 15 is 0 Å². The van der Waals surface area contributed by atoms with Crippen molar-refractivity contribution in [2.75, 3.05) is 0 Å². The fourth-order valence-corrected chi connectivity index (χ4v) is 2.73. The highest BCUT2D eigenvalue weighted by atomic mass is 35.5. The largest absolute Gasteiger partial charge is 0.306 e. The minimum absolute atomic E-state index is 0.149. The predicted molar refractivity (Wildman–Crippen MR) is 71.1 cm³/mol. The molecule has 1 aliphatic heterocycles. The number of benzene rings is 2. The topological polar surface area (TPSA) is 12.0 Å². The van der Waals surface area contributed by atoms with E-state index in [0.29, 0.717) is 17.0 Å². The Morgan fingerprint density at radius 1 is 1.17 bits per heavy atom. The van der Waals surface area contributed by atoms with Crippen molar-refractivity contribution in [1.29, 1.82) is 0 Å². The lowest BCUT2D eigenvalue weighted by Gasteiger charge is -2.14. The van der Waals surface area contributed by atoms with Gasteiger partial charge < -0.3 is 5.32 Å². The zero-order valence-corrected chi connectivity index (χ0v) is 10.5. The molecule has 0 saturated heterocycles. The lowest BCUT2D eigenvalue weighted by molar-refractivity contribution is 0.549. The van der Waals surface area contributed by atoms with Crippen molar-refractivity contribution in [3.05, 3.63) is 70.0 Å². The van der Waals surface area contributed by atoms with Crippen LogP contribution in [0.15, 0.2) is 42.5 Å². The molecule has 2 aromatic carbocycles. The number of halogens is 2. The van der Waals surface area contributed by atoms with Crippen molar-refractivity contribution in [2.24, 2.45) is 0 Å². The molecule has 3 heteroatoms. The van der Waals surface area contributed by atoms with E-state index in [4.69, 9.17) is 11.6 Å². The van der Waals surface area contributed by atoms with Gasteiger partial charge in [-0.1, -0.05) is 41.9 Å². The van der Waals surface area contributed by atoms with E-state index in [1.54, 1.807) is 12.1 Å². The molecule has 0 aromatic heterocycles. The van der Waals surface area contributed by atoms with Crippen LogP contribution in [0, 0.1) is 5.82 Å². The van der Waals surface area contributed by atoms with Gasteiger partial charge >= 0.3 is 0 Å². The van der Waals surface area contributed by atoms with Crippen LogP contribution in [0.4, 0.5) is 4.39 Å². The Morgan fingerprint density at radius 3 is 2.83 bits per heavy atom. The lowest BCUT2D eigenvalue weighted by atomic mass is 9.98. The van der Waals surface area contributed by atoms with E-state index in [-0.39, 0.29) is 11.9 Å². The molecule has 0 aliphatic carbocycles. The predicted octanol–water partition coefficient (Wildman–Crippen LogP) is 3.87. The first kappa shape index (κ1) is 11.7. The molecule has 0 amide bonds. The molecule has 1 unspecified atom stereocenters. The average Bonchev–Trinajstić information content (AvgIpc) is 2.77. The van der Waals surface area contributed by atoms with E-state index in [1.807, 2.05) is 12.1 Å². The summed E-state index contributed by atoms with van der Waals surface area (Å²) in [5, 5.41) is 3.90. The molecular weight excluding hydrogens is 249 g/mol. The number of hydrogen-bond acceptors (Lipinski definition) is 1. The summed E-state index contributed by atoms with van der Waals surface area (Å²) >= 11 is 6.07. The Kier molecular flexibility index (Phi) is 3.06. The van der Waals surface area contributed by atoms with Gasteiger partial charge in [0, 0.05) is 23.2 Å². The molecule has 1 aliphatic rings. The van der Waals surface area contributed by atoms with E-state index in [9.17, 15) is 4.39 Å².